The number of furan rings is 1. The van der Waals surface area contributed by atoms with Crippen molar-refractivity contribution < 1.29 is 4.42 Å². The quantitative estimate of drug-likeness (QED) is 0.152. The fourth-order valence-corrected chi connectivity index (χ4v) is 10.1. The van der Waals surface area contributed by atoms with Crippen molar-refractivity contribution in [3.8, 4) is 44.5 Å². The molecule has 0 spiro atoms. The van der Waals surface area contributed by atoms with Gasteiger partial charge in [0.2, 0.25) is 0 Å². The van der Waals surface area contributed by atoms with Crippen LogP contribution in [0, 0.1) is 0 Å². The van der Waals surface area contributed by atoms with E-state index in [-0.39, 0.29) is 0 Å². The first kappa shape index (κ1) is 36.6. The first-order chi connectivity index (χ1) is 31.2. The molecule has 1 aromatic heterocycles. The number of para-hydroxylation sites is 1. The lowest BCUT2D eigenvalue weighted by Gasteiger charge is -2.34. The van der Waals surface area contributed by atoms with Gasteiger partial charge in [0.15, 0.2) is 0 Å². The van der Waals surface area contributed by atoms with E-state index in [1.807, 2.05) is 12.1 Å². The standard InChI is InChI=1S/C61H41NO/c1-3-15-42(16-4-1)45-17-13-18-46(41-45)43-29-35-49(36-30-43)62(50-37-31-44(32-38-50)52-24-14-28-59-60(52)55-23-9-12-27-58(55)63-59)51-39-33-48(34-40-51)61(47-19-5-2-6-20-47)56-25-10-7-21-53(56)54-22-8-11-26-57(54)61/h1-41H. The second-order valence-electron chi connectivity index (χ2n) is 16.4. The van der Waals surface area contributed by atoms with Crippen LogP contribution < -0.4 is 4.90 Å². The predicted octanol–water partition coefficient (Wildman–Crippen LogP) is 16.4. The summed E-state index contributed by atoms with van der Waals surface area (Å²) >= 11 is 0. The van der Waals surface area contributed by atoms with Gasteiger partial charge in [-0.15, -0.1) is 0 Å². The molecule has 0 N–H and O–H groups in total. The van der Waals surface area contributed by atoms with Crippen LogP contribution in [0.2, 0.25) is 0 Å². The maximum absolute atomic E-state index is 6.28. The van der Waals surface area contributed by atoms with Gasteiger partial charge in [-0.2, -0.15) is 0 Å². The zero-order valence-electron chi connectivity index (χ0n) is 34.5. The van der Waals surface area contributed by atoms with Gasteiger partial charge < -0.3 is 9.32 Å². The van der Waals surface area contributed by atoms with Gasteiger partial charge in [0.1, 0.15) is 11.2 Å². The Balaban J connectivity index is 0.981. The van der Waals surface area contributed by atoms with Crippen molar-refractivity contribution in [3.05, 3.63) is 271 Å². The smallest absolute Gasteiger partial charge is 0.136 e. The highest BCUT2D eigenvalue weighted by Gasteiger charge is 2.45. The molecule has 0 atom stereocenters. The highest BCUT2D eigenvalue weighted by atomic mass is 16.3. The van der Waals surface area contributed by atoms with Crippen molar-refractivity contribution in [1.29, 1.82) is 0 Å². The minimum atomic E-state index is -0.465. The van der Waals surface area contributed by atoms with Crippen molar-refractivity contribution in [3.63, 3.8) is 0 Å². The van der Waals surface area contributed by atoms with Crippen LogP contribution in [-0.2, 0) is 5.41 Å². The number of fused-ring (bicyclic) bond motifs is 6. The van der Waals surface area contributed by atoms with Gasteiger partial charge in [-0.05, 0) is 121 Å². The Kier molecular flexibility index (Phi) is 8.76. The minimum absolute atomic E-state index is 0.465. The molecule has 1 aliphatic rings. The molecule has 2 nitrogen and oxygen atoms in total. The molecule has 1 aliphatic carbocycles. The third kappa shape index (κ3) is 6.02. The molecule has 0 amide bonds. The second-order valence-corrected chi connectivity index (χ2v) is 16.4. The van der Waals surface area contributed by atoms with Crippen LogP contribution in [0.25, 0.3) is 66.4 Å². The lowest BCUT2D eigenvalue weighted by atomic mass is 9.68. The number of nitrogens with zero attached hydrogens (tertiary/aromatic N) is 1. The molecule has 0 aliphatic heterocycles. The molecule has 10 aromatic carbocycles. The van der Waals surface area contributed by atoms with Crippen LogP contribution in [0.1, 0.15) is 22.3 Å². The van der Waals surface area contributed by atoms with Gasteiger partial charge in [-0.1, -0.05) is 194 Å². The molecular formula is C61H41NO. The van der Waals surface area contributed by atoms with Crippen LogP contribution in [0.3, 0.4) is 0 Å². The van der Waals surface area contributed by atoms with E-state index in [2.05, 4.69) is 241 Å². The average Bonchev–Trinajstić information content (AvgIpc) is 3.90. The van der Waals surface area contributed by atoms with Crippen molar-refractivity contribution in [1.82, 2.24) is 0 Å². The Labute approximate surface area is 367 Å². The summed E-state index contributed by atoms with van der Waals surface area (Å²) < 4.78 is 6.28. The van der Waals surface area contributed by atoms with Gasteiger partial charge in [-0.25, -0.2) is 0 Å². The summed E-state index contributed by atoms with van der Waals surface area (Å²) in [6, 6.07) is 90.2. The van der Waals surface area contributed by atoms with Crippen LogP contribution in [-0.4, -0.2) is 0 Å². The second kappa shape index (κ2) is 15.1. The van der Waals surface area contributed by atoms with Crippen molar-refractivity contribution >= 4 is 39.0 Å². The number of anilines is 3. The SMILES string of the molecule is c1ccc(-c2cccc(-c3ccc(N(c4ccc(-c5cccc6oc7ccccc7c56)cc4)c4ccc(C5(c6ccccc6)c6ccccc6-c6ccccc65)cc4)cc3)c2)cc1. The Bertz CT molecular complexity index is 3370. The summed E-state index contributed by atoms with van der Waals surface area (Å²) in [6.07, 6.45) is 0. The molecule has 11 aromatic rings. The molecule has 1 heterocycles. The largest absolute Gasteiger partial charge is 0.456 e. The monoisotopic (exact) mass is 803 g/mol. The summed E-state index contributed by atoms with van der Waals surface area (Å²) in [5.41, 5.74) is 19.3. The molecule has 0 saturated heterocycles. The number of rotatable bonds is 8. The first-order valence-corrected chi connectivity index (χ1v) is 21.7. The topological polar surface area (TPSA) is 16.4 Å². The highest BCUT2D eigenvalue weighted by molar-refractivity contribution is 6.12. The lowest BCUT2D eigenvalue weighted by Crippen LogP contribution is -2.28. The van der Waals surface area contributed by atoms with Gasteiger partial charge in [0, 0.05) is 27.8 Å². The van der Waals surface area contributed by atoms with E-state index in [1.165, 1.54) is 55.6 Å². The van der Waals surface area contributed by atoms with Crippen LogP contribution in [0.5, 0.6) is 0 Å². The van der Waals surface area contributed by atoms with Gasteiger partial charge >= 0.3 is 0 Å². The van der Waals surface area contributed by atoms with E-state index in [1.54, 1.807) is 0 Å². The van der Waals surface area contributed by atoms with Crippen LogP contribution in [0.15, 0.2) is 253 Å². The van der Waals surface area contributed by atoms with E-state index in [4.69, 9.17) is 4.42 Å². The molecule has 0 fully saturated rings. The highest BCUT2D eigenvalue weighted by Crippen LogP contribution is 2.56. The van der Waals surface area contributed by atoms with E-state index in [0.29, 0.717) is 0 Å². The molecule has 296 valence electrons. The summed E-state index contributed by atoms with van der Waals surface area (Å²) in [5, 5.41) is 2.27. The first-order valence-electron chi connectivity index (χ1n) is 21.7. The molecular weight excluding hydrogens is 763 g/mol. The third-order valence-electron chi connectivity index (χ3n) is 13.0. The summed E-state index contributed by atoms with van der Waals surface area (Å²) in [6.45, 7) is 0. The fourth-order valence-electron chi connectivity index (χ4n) is 10.1. The Morgan fingerprint density at radius 2 is 0.746 bits per heavy atom. The minimum Gasteiger partial charge on any atom is -0.456 e. The molecule has 0 unspecified atom stereocenters. The Morgan fingerprint density at radius 3 is 1.40 bits per heavy atom. The maximum atomic E-state index is 6.28. The Morgan fingerprint density at radius 1 is 0.302 bits per heavy atom. The van der Waals surface area contributed by atoms with Crippen molar-refractivity contribution in [2.45, 2.75) is 5.41 Å². The maximum Gasteiger partial charge on any atom is 0.136 e. The molecule has 0 bridgehead atoms. The van der Waals surface area contributed by atoms with E-state index >= 15 is 0 Å². The third-order valence-corrected chi connectivity index (χ3v) is 13.0. The van der Waals surface area contributed by atoms with E-state index < -0.39 is 5.41 Å². The van der Waals surface area contributed by atoms with E-state index in [9.17, 15) is 0 Å². The number of benzene rings is 10. The van der Waals surface area contributed by atoms with Gasteiger partial charge in [-0.3, -0.25) is 0 Å². The van der Waals surface area contributed by atoms with Crippen molar-refractivity contribution in [2.24, 2.45) is 0 Å². The number of hydrogen-bond donors (Lipinski definition) is 0. The lowest BCUT2D eigenvalue weighted by molar-refractivity contribution is 0.669. The van der Waals surface area contributed by atoms with Crippen LogP contribution in [0.4, 0.5) is 17.1 Å². The molecule has 0 saturated carbocycles. The molecule has 12 rings (SSSR count). The van der Waals surface area contributed by atoms with Crippen LogP contribution >= 0.6 is 0 Å². The van der Waals surface area contributed by atoms with Gasteiger partial charge in [0.05, 0.1) is 5.41 Å². The van der Waals surface area contributed by atoms with Gasteiger partial charge in [0.25, 0.3) is 0 Å². The summed E-state index contributed by atoms with van der Waals surface area (Å²) in [4.78, 5) is 2.37. The zero-order valence-corrected chi connectivity index (χ0v) is 34.5. The Hall–Kier alpha value is -8.20. The zero-order chi connectivity index (χ0) is 41.7. The number of hydrogen-bond acceptors (Lipinski definition) is 2. The molecule has 63 heavy (non-hydrogen) atoms. The fraction of sp³-hybridized carbons (Fsp3) is 0.0164. The summed E-state index contributed by atoms with van der Waals surface area (Å²) in [5.74, 6) is 0. The molecule has 2 heteroatoms. The predicted molar refractivity (Wildman–Crippen MR) is 262 cm³/mol. The van der Waals surface area contributed by atoms with Crippen molar-refractivity contribution in [2.75, 3.05) is 4.90 Å². The normalized spacial score (nSPS) is 12.6. The summed E-state index contributed by atoms with van der Waals surface area (Å²) in [7, 11) is 0. The average molecular weight is 804 g/mol. The molecule has 0 radical (unpaired) electrons. The van der Waals surface area contributed by atoms with E-state index in [0.717, 1.165) is 50.1 Å².